The maximum atomic E-state index is 12.2. The van der Waals surface area contributed by atoms with Gasteiger partial charge in [-0.1, -0.05) is 29.8 Å². The van der Waals surface area contributed by atoms with Crippen molar-refractivity contribution in [1.29, 1.82) is 0 Å². The molecule has 4 heteroatoms. The van der Waals surface area contributed by atoms with Gasteiger partial charge in [-0.2, -0.15) is 0 Å². The standard InChI is InChI=1S/C15H11ClN2O/c1-18-13-5-3-2-4-12(13)14(15(18)19)17-11-8-6-10(16)7-9-11/h2-9H,1H3. The molecule has 0 spiro atoms. The van der Waals surface area contributed by atoms with E-state index in [2.05, 4.69) is 4.99 Å². The van der Waals surface area contributed by atoms with Crippen LogP contribution in [0, 0.1) is 0 Å². The van der Waals surface area contributed by atoms with Gasteiger partial charge in [0.25, 0.3) is 5.91 Å². The zero-order valence-electron chi connectivity index (χ0n) is 10.3. The molecule has 1 aliphatic heterocycles. The Morgan fingerprint density at radius 3 is 2.47 bits per heavy atom. The van der Waals surface area contributed by atoms with Crippen molar-refractivity contribution in [2.75, 3.05) is 11.9 Å². The molecule has 1 amide bonds. The van der Waals surface area contributed by atoms with Crippen molar-refractivity contribution >= 4 is 34.6 Å². The van der Waals surface area contributed by atoms with Gasteiger partial charge in [0, 0.05) is 17.6 Å². The summed E-state index contributed by atoms with van der Waals surface area (Å²) in [5.74, 6) is -0.0869. The van der Waals surface area contributed by atoms with Gasteiger partial charge in [0.15, 0.2) is 0 Å². The summed E-state index contributed by atoms with van der Waals surface area (Å²) in [6.07, 6.45) is 0. The van der Waals surface area contributed by atoms with Crippen LogP contribution in [0.5, 0.6) is 0 Å². The smallest absolute Gasteiger partial charge is 0.277 e. The normalized spacial score (nSPS) is 16.0. The maximum Gasteiger partial charge on any atom is 0.277 e. The molecule has 0 saturated carbocycles. The molecule has 0 unspecified atom stereocenters. The van der Waals surface area contributed by atoms with Crippen molar-refractivity contribution < 1.29 is 4.79 Å². The molecule has 0 atom stereocenters. The van der Waals surface area contributed by atoms with Crippen molar-refractivity contribution in [3.05, 3.63) is 59.1 Å². The second-order valence-electron chi connectivity index (χ2n) is 4.32. The first kappa shape index (κ1) is 11.9. The number of anilines is 1. The van der Waals surface area contributed by atoms with Crippen LogP contribution in [0.2, 0.25) is 5.02 Å². The van der Waals surface area contributed by atoms with Crippen LogP contribution in [0.3, 0.4) is 0 Å². The average Bonchev–Trinajstić information content (AvgIpc) is 2.67. The van der Waals surface area contributed by atoms with E-state index in [1.165, 1.54) is 0 Å². The van der Waals surface area contributed by atoms with Gasteiger partial charge in [-0.25, -0.2) is 4.99 Å². The number of nitrogens with zero attached hydrogens (tertiary/aromatic N) is 2. The predicted octanol–water partition coefficient (Wildman–Crippen LogP) is 3.44. The molecule has 0 fully saturated rings. The number of fused-ring (bicyclic) bond motifs is 1. The van der Waals surface area contributed by atoms with Gasteiger partial charge in [-0.15, -0.1) is 0 Å². The second-order valence-corrected chi connectivity index (χ2v) is 4.75. The van der Waals surface area contributed by atoms with Gasteiger partial charge in [0.1, 0.15) is 5.71 Å². The molecule has 0 radical (unpaired) electrons. The minimum absolute atomic E-state index is 0.0869. The SMILES string of the molecule is CN1C(=O)C(=Nc2ccc(Cl)cc2)c2ccccc21. The molecule has 0 N–H and O–H groups in total. The molecule has 0 bridgehead atoms. The number of rotatable bonds is 1. The van der Waals surface area contributed by atoms with E-state index in [1.54, 1.807) is 36.2 Å². The molecule has 1 heterocycles. The van der Waals surface area contributed by atoms with Gasteiger partial charge in [0.2, 0.25) is 0 Å². The maximum absolute atomic E-state index is 12.2. The van der Waals surface area contributed by atoms with Crippen molar-refractivity contribution in [2.45, 2.75) is 0 Å². The Labute approximate surface area is 116 Å². The second kappa shape index (κ2) is 4.52. The minimum Gasteiger partial charge on any atom is -0.309 e. The van der Waals surface area contributed by atoms with Crippen LogP contribution in [0.4, 0.5) is 11.4 Å². The molecule has 0 aromatic heterocycles. The van der Waals surface area contributed by atoms with Crippen molar-refractivity contribution in [1.82, 2.24) is 0 Å². The number of aliphatic imine (C=N–C) groups is 1. The topological polar surface area (TPSA) is 32.7 Å². The van der Waals surface area contributed by atoms with E-state index in [4.69, 9.17) is 11.6 Å². The fourth-order valence-electron chi connectivity index (χ4n) is 2.10. The predicted molar refractivity (Wildman–Crippen MR) is 77.5 cm³/mol. The molecule has 2 aromatic rings. The summed E-state index contributed by atoms with van der Waals surface area (Å²) in [7, 11) is 1.76. The molecule has 3 nitrogen and oxygen atoms in total. The van der Waals surface area contributed by atoms with E-state index in [0.717, 1.165) is 16.9 Å². The van der Waals surface area contributed by atoms with Crippen molar-refractivity contribution in [3.63, 3.8) is 0 Å². The van der Waals surface area contributed by atoms with Gasteiger partial charge >= 0.3 is 0 Å². The highest BCUT2D eigenvalue weighted by Crippen LogP contribution is 2.29. The van der Waals surface area contributed by atoms with Crippen molar-refractivity contribution in [3.8, 4) is 0 Å². The quantitative estimate of drug-likeness (QED) is 0.781. The summed E-state index contributed by atoms with van der Waals surface area (Å²) in [6.45, 7) is 0. The fraction of sp³-hybridized carbons (Fsp3) is 0.0667. The molecule has 19 heavy (non-hydrogen) atoms. The molecule has 0 aliphatic carbocycles. The number of carbonyl (C=O) groups excluding carboxylic acids is 1. The highest BCUT2D eigenvalue weighted by molar-refractivity contribution is 6.54. The third-order valence-corrected chi connectivity index (χ3v) is 3.35. The summed E-state index contributed by atoms with van der Waals surface area (Å²) in [6, 6.07) is 14.7. The summed E-state index contributed by atoms with van der Waals surface area (Å²) in [5.41, 5.74) is 2.95. The number of hydrogen-bond acceptors (Lipinski definition) is 2. The lowest BCUT2D eigenvalue weighted by Gasteiger charge is -2.07. The summed E-state index contributed by atoms with van der Waals surface area (Å²) in [4.78, 5) is 18.3. The lowest BCUT2D eigenvalue weighted by atomic mass is 10.1. The van der Waals surface area contributed by atoms with Crippen LogP contribution in [0.15, 0.2) is 53.5 Å². The van der Waals surface area contributed by atoms with Crippen LogP contribution in [-0.2, 0) is 4.79 Å². The highest BCUT2D eigenvalue weighted by Gasteiger charge is 2.30. The zero-order valence-corrected chi connectivity index (χ0v) is 11.1. The number of amides is 1. The van der Waals surface area contributed by atoms with Crippen LogP contribution < -0.4 is 4.90 Å². The van der Waals surface area contributed by atoms with E-state index in [-0.39, 0.29) is 5.91 Å². The number of benzene rings is 2. The number of hydrogen-bond donors (Lipinski definition) is 0. The zero-order chi connectivity index (χ0) is 13.4. The van der Waals surface area contributed by atoms with Crippen LogP contribution in [-0.4, -0.2) is 18.7 Å². The third-order valence-electron chi connectivity index (χ3n) is 3.10. The van der Waals surface area contributed by atoms with Crippen LogP contribution >= 0.6 is 11.6 Å². The van der Waals surface area contributed by atoms with Gasteiger partial charge in [-0.3, -0.25) is 4.79 Å². The lowest BCUT2D eigenvalue weighted by molar-refractivity contribution is -0.111. The van der Waals surface area contributed by atoms with E-state index in [1.807, 2.05) is 24.3 Å². The Hall–Kier alpha value is -2.13. The van der Waals surface area contributed by atoms with Gasteiger partial charge in [-0.05, 0) is 30.3 Å². The molecule has 3 rings (SSSR count). The number of carbonyl (C=O) groups is 1. The Kier molecular flexibility index (Phi) is 2.84. The monoisotopic (exact) mass is 270 g/mol. The molecule has 2 aromatic carbocycles. The lowest BCUT2D eigenvalue weighted by Crippen LogP contribution is -2.25. The minimum atomic E-state index is -0.0869. The first-order valence-corrected chi connectivity index (χ1v) is 6.26. The molecular weight excluding hydrogens is 260 g/mol. The van der Waals surface area contributed by atoms with Crippen LogP contribution in [0.1, 0.15) is 5.56 Å². The van der Waals surface area contributed by atoms with Gasteiger partial charge < -0.3 is 4.90 Å². The fourth-order valence-corrected chi connectivity index (χ4v) is 2.23. The largest absolute Gasteiger partial charge is 0.309 e. The number of likely N-dealkylation sites (N-methyl/N-ethyl adjacent to an activating group) is 1. The first-order chi connectivity index (χ1) is 9.16. The average molecular weight is 271 g/mol. The van der Waals surface area contributed by atoms with E-state index >= 15 is 0 Å². The van der Waals surface area contributed by atoms with Crippen LogP contribution in [0.25, 0.3) is 0 Å². The Morgan fingerprint density at radius 2 is 1.74 bits per heavy atom. The Bertz CT molecular complexity index is 677. The van der Waals surface area contributed by atoms with E-state index < -0.39 is 0 Å². The van der Waals surface area contributed by atoms with Crippen molar-refractivity contribution in [2.24, 2.45) is 4.99 Å². The Morgan fingerprint density at radius 1 is 1.05 bits per heavy atom. The van der Waals surface area contributed by atoms with E-state index in [0.29, 0.717) is 10.7 Å². The third kappa shape index (κ3) is 2.02. The molecule has 94 valence electrons. The Balaban J connectivity index is 2.10. The van der Waals surface area contributed by atoms with E-state index in [9.17, 15) is 4.79 Å². The molecule has 0 saturated heterocycles. The number of para-hydroxylation sites is 1. The highest BCUT2D eigenvalue weighted by atomic mass is 35.5. The van der Waals surface area contributed by atoms with Gasteiger partial charge in [0.05, 0.1) is 11.4 Å². The summed E-state index contributed by atoms with van der Waals surface area (Å²) < 4.78 is 0. The molecule has 1 aliphatic rings. The number of halogens is 1. The first-order valence-electron chi connectivity index (χ1n) is 5.88. The summed E-state index contributed by atoms with van der Waals surface area (Å²) in [5, 5.41) is 0.652. The molecular formula is C15H11ClN2O. The summed E-state index contributed by atoms with van der Waals surface area (Å²) >= 11 is 5.84.